The minimum Gasteiger partial charge on any atom is -0.316 e. The predicted molar refractivity (Wildman–Crippen MR) is 59.0 cm³/mol. The maximum atomic E-state index is 11.8. The summed E-state index contributed by atoms with van der Waals surface area (Å²) in [5.74, 6) is 0.660. The number of hydrogen-bond acceptors (Lipinski definition) is 4. The van der Waals surface area contributed by atoms with Gasteiger partial charge >= 0.3 is 0 Å². The van der Waals surface area contributed by atoms with E-state index in [0.29, 0.717) is 11.7 Å². The van der Waals surface area contributed by atoms with E-state index in [0.717, 1.165) is 13.1 Å². The summed E-state index contributed by atoms with van der Waals surface area (Å²) in [4.78, 5) is 22.5. The Bertz CT molecular complexity index is 418. The second kappa shape index (κ2) is 4.44. The fraction of sp³-hybridized carbons (Fsp3) is 0.500. The second-order valence-electron chi connectivity index (χ2n) is 4.00. The van der Waals surface area contributed by atoms with Crippen LogP contribution in [0, 0.1) is 11.8 Å². The van der Waals surface area contributed by atoms with E-state index >= 15 is 0 Å². The molecular formula is C10H14N4O2. The van der Waals surface area contributed by atoms with E-state index in [2.05, 4.69) is 20.8 Å². The molecule has 0 aromatic carbocycles. The number of hydrogen-bond donors (Lipinski definition) is 3. The second-order valence-corrected chi connectivity index (χ2v) is 4.00. The van der Waals surface area contributed by atoms with Gasteiger partial charge in [-0.25, -0.2) is 5.10 Å². The molecule has 1 amide bonds. The molecule has 0 radical (unpaired) electrons. The molecule has 1 saturated heterocycles. The average Bonchev–Trinajstić information content (AvgIpc) is 2.19. The molecule has 1 unspecified atom stereocenters. The Kier molecular flexibility index (Phi) is 3.00. The zero-order valence-corrected chi connectivity index (χ0v) is 8.99. The van der Waals surface area contributed by atoms with E-state index in [1.807, 2.05) is 6.92 Å². The monoisotopic (exact) mass is 222 g/mol. The van der Waals surface area contributed by atoms with Crippen molar-refractivity contribution in [3.63, 3.8) is 0 Å². The molecule has 1 atom stereocenters. The zero-order valence-electron chi connectivity index (χ0n) is 8.99. The summed E-state index contributed by atoms with van der Waals surface area (Å²) >= 11 is 0. The number of amides is 1. The van der Waals surface area contributed by atoms with Gasteiger partial charge in [-0.3, -0.25) is 9.59 Å². The Morgan fingerprint density at radius 1 is 1.56 bits per heavy atom. The summed E-state index contributed by atoms with van der Waals surface area (Å²) < 4.78 is 0. The third-order valence-electron chi connectivity index (χ3n) is 2.86. The van der Waals surface area contributed by atoms with Gasteiger partial charge in [0.2, 0.25) is 5.91 Å². The van der Waals surface area contributed by atoms with Crippen LogP contribution in [0.5, 0.6) is 0 Å². The molecule has 6 heteroatoms. The molecule has 1 aromatic heterocycles. The fourth-order valence-electron chi connectivity index (χ4n) is 1.53. The van der Waals surface area contributed by atoms with Gasteiger partial charge in [0.15, 0.2) is 5.82 Å². The van der Waals surface area contributed by atoms with Gasteiger partial charge in [-0.15, -0.1) is 0 Å². The molecule has 16 heavy (non-hydrogen) atoms. The fourth-order valence-corrected chi connectivity index (χ4v) is 1.53. The van der Waals surface area contributed by atoms with Crippen molar-refractivity contribution >= 4 is 11.7 Å². The summed E-state index contributed by atoms with van der Waals surface area (Å²) in [5, 5.41) is 11.8. The first-order chi connectivity index (χ1) is 7.66. The van der Waals surface area contributed by atoms with Crippen LogP contribution in [0.4, 0.5) is 5.82 Å². The highest BCUT2D eigenvalue weighted by molar-refractivity contribution is 5.91. The molecule has 1 aromatic rings. The number of nitrogens with zero attached hydrogens (tertiary/aromatic N) is 1. The highest BCUT2D eigenvalue weighted by Crippen LogP contribution is 2.17. The molecule has 3 N–H and O–H groups in total. The first-order valence-electron chi connectivity index (χ1n) is 5.24. The Morgan fingerprint density at radius 2 is 2.31 bits per heavy atom. The van der Waals surface area contributed by atoms with Crippen molar-refractivity contribution in [1.29, 1.82) is 0 Å². The van der Waals surface area contributed by atoms with E-state index in [1.165, 1.54) is 12.1 Å². The van der Waals surface area contributed by atoms with E-state index in [4.69, 9.17) is 0 Å². The maximum absolute atomic E-state index is 11.8. The molecule has 1 aliphatic rings. The Hall–Kier alpha value is -1.69. The number of anilines is 1. The lowest BCUT2D eigenvalue weighted by molar-refractivity contribution is -0.121. The van der Waals surface area contributed by atoms with Crippen LogP contribution in [0.2, 0.25) is 0 Å². The maximum Gasteiger partial charge on any atom is 0.264 e. The van der Waals surface area contributed by atoms with Crippen LogP contribution >= 0.6 is 0 Å². The van der Waals surface area contributed by atoms with Gasteiger partial charge in [0.25, 0.3) is 5.56 Å². The van der Waals surface area contributed by atoms with Gasteiger partial charge in [0, 0.05) is 12.0 Å². The molecule has 0 bridgehead atoms. The van der Waals surface area contributed by atoms with Crippen LogP contribution in [-0.2, 0) is 4.79 Å². The molecule has 6 nitrogen and oxygen atoms in total. The normalized spacial score (nSPS) is 17.6. The number of aromatic amines is 1. The molecule has 86 valence electrons. The van der Waals surface area contributed by atoms with E-state index in [1.54, 1.807) is 0 Å². The predicted octanol–water partition coefficient (Wildman–Crippen LogP) is -0.436. The summed E-state index contributed by atoms with van der Waals surface area (Å²) in [5.41, 5.74) is -0.283. The molecule has 0 spiro atoms. The third kappa shape index (κ3) is 2.27. The van der Waals surface area contributed by atoms with Crippen LogP contribution in [0.3, 0.4) is 0 Å². The topological polar surface area (TPSA) is 86.9 Å². The van der Waals surface area contributed by atoms with Crippen molar-refractivity contribution in [3.8, 4) is 0 Å². The lowest BCUT2D eigenvalue weighted by Gasteiger charge is -2.31. The number of carbonyl (C=O) groups excluding carboxylic acids is 1. The van der Waals surface area contributed by atoms with Gasteiger partial charge in [-0.2, -0.15) is 5.10 Å². The molecule has 0 aliphatic carbocycles. The lowest BCUT2D eigenvalue weighted by atomic mass is 9.88. The number of carbonyl (C=O) groups is 1. The SMILES string of the molecule is CC(C(=O)Nc1ccc(=O)[nH]n1)C1CNC1. The molecule has 0 saturated carbocycles. The highest BCUT2D eigenvalue weighted by atomic mass is 16.2. The van der Waals surface area contributed by atoms with Crippen LogP contribution in [0.15, 0.2) is 16.9 Å². The first kappa shape index (κ1) is 10.8. The highest BCUT2D eigenvalue weighted by Gasteiger charge is 2.28. The van der Waals surface area contributed by atoms with Crippen LogP contribution < -0.4 is 16.2 Å². The Morgan fingerprint density at radius 3 is 2.81 bits per heavy atom. The number of nitrogens with one attached hydrogen (secondary N) is 3. The standard InChI is InChI=1S/C10H14N4O2/c1-6(7-4-11-5-7)10(16)12-8-2-3-9(15)14-13-8/h2-3,6-7,11H,4-5H2,1H3,(H,14,15)(H,12,13,16). The van der Waals surface area contributed by atoms with E-state index in [9.17, 15) is 9.59 Å². The molecule has 1 fully saturated rings. The number of aromatic nitrogens is 2. The van der Waals surface area contributed by atoms with Gasteiger partial charge < -0.3 is 10.6 Å². The summed E-state index contributed by atoms with van der Waals surface area (Å²) in [7, 11) is 0. The van der Waals surface area contributed by atoms with Gasteiger partial charge in [-0.05, 0) is 25.1 Å². The van der Waals surface area contributed by atoms with E-state index < -0.39 is 0 Å². The quantitative estimate of drug-likeness (QED) is 0.647. The Labute approximate surface area is 92.4 Å². The molecular weight excluding hydrogens is 208 g/mol. The Balaban J connectivity index is 1.95. The van der Waals surface area contributed by atoms with Crippen molar-refractivity contribution in [2.45, 2.75) is 6.92 Å². The van der Waals surface area contributed by atoms with Crippen molar-refractivity contribution in [2.24, 2.45) is 11.8 Å². The minimum absolute atomic E-state index is 0.0463. The van der Waals surface area contributed by atoms with Gasteiger partial charge in [-0.1, -0.05) is 6.92 Å². The largest absolute Gasteiger partial charge is 0.316 e. The first-order valence-corrected chi connectivity index (χ1v) is 5.24. The zero-order chi connectivity index (χ0) is 11.5. The molecule has 2 rings (SSSR count). The van der Waals surface area contributed by atoms with E-state index in [-0.39, 0.29) is 17.4 Å². The van der Waals surface area contributed by atoms with Crippen LogP contribution in [-0.4, -0.2) is 29.2 Å². The smallest absolute Gasteiger partial charge is 0.264 e. The van der Waals surface area contributed by atoms with Crippen LogP contribution in [0.25, 0.3) is 0 Å². The van der Waals surface area contributed by atoms with Gasteiger partial charge in [0.1, 0.15) is 0 Å². The summed E-state index contributed by atoms with van der Waals surface area (Å²) in [6.45, 7) is 3.66. The molecule has 1 aliphatic heterocycles. The lowest BCUT2D eigenvalue weighted by Crippen LogP contribution is -2.48. The van der Waals surface area contributed by atoms with Crippen molar-refractivity contribution in [3.05, 3.63) is 22.5 Å². The van der Waals surface area contributed by atoms with Gasteiger partial charge in [0.05, 0.1) is 0 Å². The number of H-pyrrole nitrogens is 1. The third-order valence-corrected chi connectivity index (χ3v) is 2.86. The average molecular weight is 222 g/mol. The van der Waals surface area contributed by atoms with Crippen molar-refractivity contribution in [2.75, 3.05) is 18.4 Å². The van der Waals surface area contributed by atoms with Crippen LogP contribution in [0.1, 0.15) is 6.92 Å². The summed E-state index contributed by atoms with van der Waals surface area (Å²) in [6, 6.07) is 2.82. The summed E-state index contributed by atoms with van der Waals surface area (Å²) in [6.07, 6.45) is 0. The minimum atomic E-state index is -0.283. The van der Waals surface area contributed by atoms with Crippen molar-refractivity contribution < 1.29 is 4.79 Å². The number of rotatable bonds is 3. The van der Waals surface area contributed by atoms with Crippen molar-refractivity contribution in [1.82, 2.24) is 15.5 Å². The molecule has 2 heterocycles.